The Balaban J connectivity index is 1.75. The van der Waals surface area contributed by atoms with Crippen LogP contribution in [0, 0.1) is 0 Å². The van der Waals surface area contributed by atoms with Gasteiger partial charge in [0.15, 0.2) is 0 Å². The molecule has 0 atom stereocenters. The van der Waals surface area contributed by atoms with Crippen LogP contribution in [0.1, 0.15) is 15.9 Å². The highest BCUT2D eigenvalue weighted by Crippen LogP contribution is 2.21. The third-order valence-corrected chi connectivity index (χ3v) is 6.35. The number of aromatic nitrogens is 1. The molecule has 0 radical (unpaired) electrons. The molecular weight excluding hydrogens is 414 g/mol. The van der Waals surface area contributed by atoms with Gasteiger partial charge in [-0.15, -0.1) is 6.58 Å². The highest BCUT2D eigenvalue weighted by molar-refractivity contribution is 7.89. The van der Waals surface area contributed by atoms with Crippen LogP contribution in [-0.4, -0.2) is 37.3 Å². The number of benzene rings is 2. The molecule has 0 fully saturated rings. The van der Waals surface area contributed by atoms with Crippen LogP contribution in [0.15, 0.2) is 90.6 Å². The molecule has 0 aliphatic heterocycles. The minimum absolute atomic E-state index is 0.144. The minimum Gasteiger partial charge on any atom is -0.497 e. The summed E-state index contributed by atoms with van der Waals surface area (Å²) in [7, 11) is -2.21. The number of pyridine rings is 1. The number of rotatable bonds is 9. The number of carbonyl (C=O) groups is 1. The lowest BCUT2D eigenvalue weighted by atomic mass is 10.1. The molecule has 0 saturated carbocycles. The molecule has 1 N–H and O–H groups in total. The molecule has 1 aromatic heterocycles. The normalized spacial score (nSPS) is 11.2. The summed E-state index contributed by atoms with van der Waals surface area (Å²) in [6.45, 7) is 3.96. The first-order valence-electron chi connectivity index (χ1n) is 9.49. The van der Waals surface area contributed by atoms with Crippen LogP contribution >= 0.6 is 0 Å². The predicted octanol–water partition coefficient (Wildman–Crippen LogP) is 3.72. The van der Waals surface area contributed by atoms with E-state index in [1.807, 2.05) is 0 Å². The Bertz CT molecular complexity index is 1130. The van der Waals surface area contributed by atoms with Crippen LogP contribution in [-0.2, 0) is 16.6 Å². The topological polar surface area (TPSA) is 88.6 Å². The van der Waals surface area contributed by atoms with Gasteiger partial charge in [-0.2, -0.15) is 4.31 Å². The molecular formula is C23H23N3O4S. The fraction of sp³-hybridized carbons (Fsp3) is 0.130. The summed E-state index contributed by atoms with van der Waals surface area (Å²) in [5, 5.41) is 2.76. The smallest absolute Gasteiger partial charge is 0.255 e. The van der Waals surface area contributed by atoms with Gasteiger partial charge in [0.1, 0.15) is 5.75 Å². The van der Waals surface area contributed by atoms with Crippen molar-refractivity contribution in [1.29, 1.82) is 0 Å². The van der Waals surface area contributed by atoms with E-state index in [0.29, 0.717) is 17.0 Å². The van der Waals surface area contributed by atoms with Gasteiger partial charge in [0, 0.05) is 24.8 Å². The summed E-state index contributed by atoms with van der Waals surface area (Å²) in [5.41, 5.74) is 1.80. The number of nitrogens with one attached hydrogen (secondary N) is 1. The van der Waals surface area contributed by atoms with Crippen LogP contribution in [0.2, 0.25) is 0 Å². The number of hydrogen-bond donors (Lipinski definition) is 1. The number of sulfonamides is 1. The van der Waals surface area contributed by atoms with E-state index in [2.05, 4.69) is 16.9 Å². The van der Waals surface area contributed by atoms with Gasteiger partial charge in [0.25, 0.3) is 5.91 Å². The standard InChI is InChI=1S/C23H23N3O4S/c1-3-15-26(31(28,29)22-12-10-21(30-2)11-13-22)17-18-6-8-19(9-7-18)23(27)25-20-5-4-14-24-16-20/h3-14,16H,1,15,17H2,2H3,(H,25,27). The van der Waals surface area contributed by atoms with Crippen LogP contribution in [0.5, 0.6) is 5.75 Å². The molecule has 0 saturated heterocycles. The maximum atomic E-state index is 13.1. The lowest BCUT2D eigenvalue weighted by molar-refractivity contribution is 0.102. The van der Waals surface area contributed by atoms with Crippen LogP contribution in [0.4, 0.5) is 5.69 Å². The van der Waals surface area contributed by atoms with Gasteiger partial charge < -0.3 is 10.1 Å². The van der Waals surface area contributed by atoms with Crippen molar-refractivity contribution in [3.8, 4) is 5.75 Å². The van der Waals surface area contributed by atoms with Crippen LogP contribution < -0.4 is 10.1 Å². The predicted molar refractivity (Wildman–Crippen MR) is 119 cm³/mol. The average molecular weight is 438 g/mol. The van der Waals surface area contributed by atoms with Crippen molar-refractivity contribution >= 4 is 21.6 Å². The van der Waals surface area contributed by atoms with Crippen molar-refractivity contribution in [3.05, 3.63) is 96.8 Å². The Hall–Kier alpha value is -3.49. The lowest BCUT2D eigenvalue weighted by Gasteiger charge is -2.21. The van der Waals surface area contributed by atoms with E-state index in [0.717, 1.165) is 5.56 Å². The maximum absolute atomic E-state index is 13.1. The monoisotopic (exact) mass is 437 g/mol. The number of amides is 1. The van der Waals surface area contributed by atoms with E-state index >= 15 is 0 Å². The first-order valence-corrected chi connectivity index (χ1v) is 10.9. The molecule has 2 aromatic carbocycles. The highest BCUT2D eigenvalue weighted by atomic mass is 32.2. The Morgan fingerprint density at radius 3 is 2.42 bits per heavy atom. The summed E-state index contributed by atoms with van der Waals surface area (Å²) in [5.74, 6) is 0.308. The maximum Gasteiger partial charge on any atom is 0.255 e. The fourth-order valence-electron chi connectivity index (χ4n) is 2.89. The van der Waals surface area contributed by atoms with Crippen LogP contribution in [0.25, 0.3) is 0 Å². The molecule has 160 valence electrons. The van der Waals surface area contributed by atoms with E-state index in [-0.39, 0.29) is 23.9 Å². The molecule has 0 aliphatic carbocycles. The zero-order valence-corrected chi connectivity index (χ0v) is 17.9. The number of hydrogen-bond acceptors (Lipinski definition) is 5. The Kier molecular flexibility index (Phi) is 7.17. The van der Waals surface area contributed by atoms with E-state index < -0.39 is 10.0 Å². The van der Waals surface area contributed by atoms with Gasteiger partial charge in [0.2, 0.25) is 10.0 Å². The second-order valence-corrected chi connectivity index (χ2v) is 8.59. The van der Waals surface area contributed by atoms with Gasteiger partial charge in [0.05, 0.1) is 23.9 Å². The van der Waals surface area contributed by atoms with Gasteiger partial charge in [-0.05, 0) is 54.1 Å². The number of nitrogens with zero attached hydrogens (tertiary/aromatic N) is 2. The number of anilines is 1. The fourth-order valence-corrected chi connectivity index (χ4v) is 4.29. The van der Waals surface area contributed by atoms with Crippen molar-refractivity contribution in [1.82, 2.24) is 9.29 Å². The molecule has 0 aliphatic rings. The average Bonchev–Trinajstić information content (AvgIpc) is 2.80. The zero-order chi connectivity index (χ0) is 22.3. The zero-order valence-electron chi connectivity index (χ0n) is 17.1. The largest absolute Gasteiger partial charge is 0.497 e. The molecule has 0 unspecified atom stereocenters. The van der Waals surface area contributed by atoms with Crippen molar-refractivity contribution in [3.63, 3.8) is 0 Å². The SMILES string of the molecule is C=CCN(Cc1ccc(C(=O)Nc2cccnc2)cc1)S(=O)(=O)c1ccc(OC)cc1. The van der Waals surface area contributed by atoms with E-state index in [9.17, 15) is 13.2 Å². The van der Waals surface area contributed by atoms with Gasteiger partial charge in [-0.1, -0.05) is 18.2 Å². The molecule has 31 heavy (non-hydrogen) atoms. The minimum atomic E-state index is -3.73. The summed E-state index contributed by atoms with van der Waals surface area (Å²) >= 11 is 0. The molecule has 0 bridgehead atoms. The van der Waals surface area contributed by atoms with Crippen LogP contribution in [0.3, 0.4) is 0 Å². The van der Waals surface area contributed by atoms with Gasteiger partial charge in [-0.25, -0.2) is 8.42 Å². The summed E-state index contributed by atoms with van der Waals surface area (Å²) < 4.78 is 32.6. The molecule has 3 rings (SSSR count). The summed E-state index contributed by atoms with van der Waals surface area (Å²) in [6, 6.07) is 16.5. The Morgan fingerprint density at radius 1 is 1.13 bits per heavy atom. The third kappa shape index (κ3) is 5.56. The Labute approximate surface area is 182 Å². The quantitative estimate of drug-likeness (QED) is 0.516. The second-order valence-electron chi connectivity index (χ2n) is 6.65. The van der Waals surface area contributed by atoms with E-state index in [1.54, 1.807) is 60.9 Å². The first kappa shape index (κ1) is 22.2. The summed E-state index contributed by atoms with van der Waals surface area (Å²) in [4.78, 5) is 16.5. The molecule has 0 spiro atoms. The highest BCUT2D eigenvalue weighted by Gasteiger charge is 2.24. The molecule has 3 aromatic rings. The number of ether oxygens (including phenoxy) is 1. The van der Waals surface area contributed by atoms with Gasteiger partial charge in [-0.3, -0.25) is 9.78 Å². The van der Waals surface area contributed by atoms with Crippen molar-refractivity contribution in [2.75, 3.05) is 19.0 Å². The van der Waals surface area contributed by atoms with Crippen molar-refractivity contribution < 1.29 is 17.9 Å². The third-order valence-electron chi connectivity index (χ3n) is 4.52. The van der Waals surface area contributed by atoms with Crippen molar-refractivity contribution in [2.24, 2.45) is 0 Å². The first-order chi connectivity index (χ1) is 14.9. The Morgan fingerprint density at radius 2 is 1.84 bits per heavy atom. The number of carbonyl (C=O) groups excluding carboxylic acids is 1. The second kappa shape index (κ2) is 10.0. The molecule has 8 heteroatoms. The number of methoxy groups -OCH3 is 1. The molecule has 1 amide bonds. The lowest BCUT2D eigenvalue weighted by Crippen LogP contribution is -2.30. The van der Waals surface area contributed by atoms with Gasteiger partial charge >= 0.3 is 0 Å². The molecule has 1 heterocycles. The molecule has 7 nitrogen and oxygen atoms in total. The van der Waals surface area contributed by atoms with E-state index in [1.165, 1.54) is 29.6 Å². The van der Waals surface area contributed by atoms with E-state index in [4.69, 9.17) is 4.74 Å². The van der Waals surface area contributed by atoms with Crippen molar-refractivity contribution in [2.45, 2.75) is 11.4 Å². The summed E-state index contributed by atoms with van der Waals surface area (Å²) in [6.07, 6.45) is 4.72.